The second-order valence-electron chi connectivity index (χ2n) is 3.80. The van der Waals surface area contributed by atoms with E-state index < -0.39 is 0 Å². The van der Waals surface area contributed by atoms with Crippen LogP contribution in [-0.4, -0.2) is 30.8 Å². The van der Waals surface area contributed by atoms with Gasteiger partial charge in [0, 0.05) is 6.42 Å². The van der Waals surface area contributed by atoms with Gasteiger partial charge in [0.15, 0.2) is 0 Å². The maximum atomic E-state index is 11.5. The molecular weight excluding hydrogens is 162 g/mol. The number of likely N-dealkylation sites (N-methyl/N-ethyl adjacent to an activating group) is 1. The van der Waals surface area contributed by atoms with Crippen molar-refractivity contribution >= 4 is 5.78 Å². The van der Waals surface area contributed by atoms with Crippen LogP contribution >= 0.6 is 0 Å². The molecule has 1 atom stereocenters. The van der Waals surface area contributed by atoms with E-state index in [-0.39, 0.29) is 6.04 Å². The van der Waals surface area contributed by atoms with E-state index in [1.165, 1.54) is 19.3 Å². The standard InChI is InChI=1S/C11H23NO/c1-5-7-8-9-10(12(3)4)11(13)6-2/h10H,5-9H2,1-4H3/t10-/m1/s1. The molecule has 0 saturated carbocycles. The zero-order chi connectivity index (χ0) is 10.3. The number of carbonyl (C=O) groups is 1. The summed E-state index contributed by atoms with van der Waals surface area (Å²) in [5, 5.41) is 0. The predicted octanol–water partition coefficient (Wildman–Crippen LogP) is 2.48. The van der Waals surface area contributed by atoms with Crippen molar-refractivity contribution in [3.63, 3.8) is 0 Å². The highest BCUT2D eigenvalue weighted by Gasteiger charge is 2.17. The molecule has 0 fully saturated rings. The quantitative estimate of drug-likeness (QED) is 0.568. The van der Waals surface area contributed by atoms with Crippen molar-refractivity contribution in [2.45, 2.75) is 52.0 Å². The molecule has 2 nitrogen and oxygen atoms in total. The molecule has 78 valence electrons. The van der Waals surface area contributed by atoms with Gasteiger partial charge in [0.05, 0.1) is 6.04 Å². The van der Waals surface area contributed by atoms with Crippen LogP contribution in [0.1, 0.15) is 46.0 Å². The third kappa shape index (κ3) is 5.04. The molecule has 0 amide bonds. The zero-order valence-electron chi connectivity index (χ0n) is 9.47. The van der Waals surface area contributed by atoms with Crippen LogP contribution in [0.2, 0.25) is 0 Å². The topological polar surface area (TPSA) is 20.3 Å². The van der Waals surface area contributed by atoms with Crippen molar-refractivity contribution in [1.29, 1.82) is 0 Å². The molecule has 0 aromatic rings. The van der Waals surface area contributed by atoms with E-state index in [9.17, 15) is 4.79 Å². The lowest BCUT2D eigenvalue weighted by Gasteiger charge is -2.22. The van der Waals surface area contributed by atoms with Crippen molar-refractivity contribution in [1.82, 2.24) is 4.90 Å². The second-order valence-corrected chi connectivity index (χ2v) is 3.80. The lowest BCUT2D eigenvalue weighted by Crippen LogP contribution is -2.35. The van der Waals surface area contributed by atoms with Gasteiger partial charge >= 0.3 is 0 Å². The van der Waals surface area contributed by atoms with E-state index in [0.717, 1.165) is 6.42 Å². The van der Waals surface area contributed by atoms with E-state index in [1.807, 2.05) is 25.9 Å². The Morgan fingerprint density at radius 1 is 1.23 bits per heavy atom. The fraction of sp³-hybridized carbons (Fsp3) is 0.909. The molecule has 2 heteroatoms. The van der Waals surface area contributed by atoms with Crippen LogP contribution in [0.5, 0.6) is 0 Å². The Balaban J connectivity index is 3.88. The Labute approximate surface area is 82.3 Å². The Hall–Kier alpha value is -0.370. The number of nitrogens with zero attached hydrogens (tertiary/aromatic N) is 1. The number of hydrogen-bond donors (Lipinski definition) is 0. The molecule has 0 saturated heterocycles. The summed E-state index contributed by atoms with van der Waals surface area (Å²) in [6.07, 6.45) is 5.31. The van der Waals surface area contributed by atoms with Crippen LogP contribution in [0.25, 0.3) is 0 Å². The maximum Gasteiger partial charge on any atom is 0.149 e. The van der Waals surface area contributed by atoms with E-state index >= 15 is 0 Å². The van der Waals surface area contributed by atoms with Crippen LogP contribution in [0, 0.1) is 0 Å². The van der Waals surface area contributed by atoms with Gasteiger partial charge < -0.3 is 0 Å². The molecule has 0 aliphatic rings. The second kappa shape index (κ2) is 7.07. The largest absolute Gasteiger partial charge is 0.300 e. The molecule has 0 unspecified atom stereocenters. The molecule has 0 rings (SSSR count). The molecule has 13 heavy (non-hydrogen) atoms. The number of rotatable bonds is 7. The Bertz CT molecular complexity index is 143. The van der Waals surface area contributed by atoms with Gasteiger partial charge in [0.1, 0.15) is 5.78 Å². The van der Waals surface area contributed by atoms with Crippen molar-refractivity contribution in [2.75, 3.05) is 14.1 Å². The van der Waals surface area contributed by atoms with Crippen molar-refractivity contribution < 1.29 is 4.79 Å². The molecular formula is C11H23NO. The normalized spacial score (nSPS) is 13.3. The molecule has 0 aromatic carbocycles. The predicted molar refractivity (Wildman–Crippen MR) is 56.9 cm³/mol. The fourth-order valence-corrected chi connectivity index (χ4v) is 1.53. The summed E-state index contributed by atoms with van der Waals surface area (Å²) in [4.78, 5) is 13.5. The van der Waals surface area contributed by atoms with Crippen LogP contribution in [-0.2, 0) is 4.79 Å². The van der Waals surface area contributed by atoms with Crippen molar-refractivity contribution in [2.24, 2.45) is 0 Å². The van der Waals surface area contributed by atoms with E-state index in [0.29, 0.717) is 12.2 Å². The smallest absolute Gasteiger partial charge is 0.149 e. The van der Waals surface area contributed by atoms with Crippen LogP contribution in [0.3, 0.4) is 0 Å². The molecule has 0 radical (unpaired) electrons. The Morgan fingerprint density at radius 2 is 1.85 bits per heavy atom. The Morgan fingerprint density at radius 3 is 2.23 bits per heavy atom. The highest BCUT2D eigenvalue weighted by molar-refractivity contribution is 5.83. The van der Waals surface area contributed by atoms with E-state index in [1.54, 1.807) is 0 Å². The summed E-state index contributed by atoms with van der Waals surface area (Å²) < 4.78 is 0. The summed E-state index contributed by atoms with van der Waals surface area (Å²) in [6.45, 7) is 4.13. The first-order valence-corrected chi connectivity index (χ1v) is 5.32. The highest BCUT2D eigenvalue weighted by Crippen LogP contribution is 2.09. The minimum Gasteiger partial charge on any atom is -0.300 e. The first kappa shape index (κ1) is 12.6. The summed E-state index contributed by atoms with van der Waals surface area (Å²) in [7, 11) is 3.98. The minimum atomic E-state index is 0.150. The number of unbranched alkanes of at least 4 members (excludes halogenated alkanes) is 2. The van der Waals surface area contributed by atoms with Crippen molar-refractivity contribution in [3.05, 3.63) is 0 Å². The third-order valence-electron chi connectivity index (χ3n) is 2.42. The maximum absolute atomic E-state index is 11.5. The monoisotopic (exact) mass is 185 g/mol. The van der Waals surface area contributed by atoms with Gasteiger partial charge in [-0.2, -0.15) is 0 Å². The number of hydrogen-bond acceptors (Lipinski definition) is 2. The number of Topliss-reactive ketones (excluding diaryl/α,β-unsaturated/α-hetero) is 1. The summed E-state index contributed by atoms with van der Waals surface area (Å²) in [5.74, 6) is 0.376. The minimum absolute atomic E-state index is 0.150. The molecule has 0 spiro atoms. The Kier molecular flexibility index (Phi) is 6.87. The number of ketones is 1. The lowest BCUT2D eigenvalue weighted by molar-refractivity contribution is -0.123. The van der Waals surface area contributed by atoms with Crippen molar-refractivity contribution in [3.8, 4) is 0 Å². The zero-order valence-corrected chi connectivity index (χ0v) is 9.47. The van der Waals surface area contributed by atoms with Gasteiger partial charge in [-0.3, -0.25) is 9.69 Å². The van der Waals surface area contributed by atoms with Gasteiger partial charge in [-0.15, -0.1) is 0 Å². The molecule has 0 bridgehead atoms. The fourth-order valence-electron chi connectivity index (χ4n) is 1.53. The molecule has 0 aliphatic carbocycles. The SMILES string of the molecule is CCCCC[C@H](C(=O)CC)N(C)C. The average molecular weight is 185 g/mol. The molecule has 0 aromatic heterocycles. The third-order valence-corrected chi connectivity index (χ3v) is 2.42. The van der Waals surface area contributed by atoms with E-state index in [4.69, 9.17) is 0 Å². The highest BCUT2D eigenvalue weighted by atomic mass is 16.1. The molecule has 0 aliphatic heterocycles. The van der Waals surface area contributed by atoms with Gasteiger partial charge in [0.2, 0.25) is 0 Å². The first-order chi connectivity index (χ1) is 6.13. The van der Waals surface area contributed by atoms with E-state index in [2.05, 4.69) is 6.92 Å². The summed E-state index contributed by atoms with van der Waals surface area (Å²) in [5.41, 5.74) is 0. The van der Waals surface area contributed by atoms with Crippen LogP contribution < -0.4 is 0 Å². The number of carbonyl (C=O) groups excluding carboxylic acids is 1. The van der Waals surface area contributed by atoms with Gasteiger partial charge in [-0.05, 0) is 20.5 Å². The van der Waals surface area contributed by atoms with Crippen LogP contribution in [0.4, 0.5) is 0 Å². The van der Waals surface area contributed by atoms with Gasteiger partial charge in [0.25, 0.3) is 0 Å². The lowest BCUT2D eigenvalue weighted by atomic mass is 10.0. The average Bonchev–Trinajstić information content (AvgIpc) is 2.11. The summed E-state index contributed by atoms with van der Waals surface area (Å²) >= 11 is 0. The summed E-state index contributed by atoms with van der Waals surface area (Å²) in [6, 6.07) is 0.150. The van der Waals surface area contributed by atoms with Gasteiger partial charge in [-0.25, -0.2) is 0 Å². The molecule has 0 heterocycles. The van der Waals surface area contributed by atoms with Gasteiger partial charge in [-0.1, -0.05) is 33.1 Å². The first-order valence-electron chi connectivity index (χ1n) is 5.32. The molecule has 0 N–H and O–H groups in total. The van der Waals surface area contributed by atoms with Crippen LogP contribution in [0.15, 0.2) is 0 Å².